The van der Waals surface area contributed by atoms with Crippen LogP contribution in [-0.4, -0.2) is 10.5 Å². The van der Waals surface area contributed by atoms with Crippen LogP contribution in [0.15, 0.2) is 0 Å². The molecule has 0 heterocycles. The van der Waals surface area contributed by atoms with Gasteiger partial charge >= 0.3 is 0 Å². The minimum atomic E-state index is -1.65. The van der Waals surface area contributed by atoms with Gasteiger partial charge < -0.3 is 0 Å². The van der Waals surface area contributed by atoms with E-state index in [9.17, 15) is 4.39 Å². The molecular formula is C2H2Cl3F. The fraction of sp³-hybridized carbons (Fsp3) is 1.00. The summed E-state index contributed by atoms with van der Waals surface area (Å²) in [7, 11) is 0. The molecule has 0 radical (unpaired) electrons. The second kappa shape index (κ2) is 2.89. The molecule has 1 unspecified atom stereocenters. The van der Waals surface area contributed by atoms with Crippen LogP contribution in [0.4, 0.5) is 4.39 Å². The maximum atomic E-state index is 11.3. The average Bonchev–Trinajstić information content (AvgIpc) is 1.36. The van der Waals surface area contributed by atoms with E-state index in [1.807, 2.05) is 0 Å². The third-order valence-corrected chi connectivity index (χ3v) is 1.14. The molecule has 0 saturated heterocycles. The SMILES string of the molecule is FC(Cl)C(Cl)Cl. The molecule has 0 spiro atoms. The summed E-state index contributed by atoms with van der Waals surface area (Å²) < 4.78 is 11.3. The standard InChI is InChI=1S/C2H2Cl3F/c3-1(4)2(5)6/h1-2H. The topological polar surface area (TPSA) is 0 Å². The number of hydrogen-bond donors (Lipinski definition) is 0. The predicted molar refractivity (Wildman–Crippen MR) is 26.2 cm³/mol. The number of alkyl halides is 4. The largest absolute Gasteiger partial charge is 0.227 e. The van der Waals surface area contributed by atoms with E-state index >= 15 is 0 Å². The lowest BCUT2D eigenvalue weighted by molar-refractivity contribution is 0.465. The third-order valence-electron chi connectivity index (χ3n) is 0.190. The first-order valence-corrected chi connectivity index (χ1v) is 2.52. The van der Waals surface area contributed by atoms with Crippen LogP contribution >= 0.6 is 34.8 Å². The van der Waals surface area contributed by atoms with Crippen molar-refractivity contribution in [2.45, 2.75) is 10.5 Å². The Morgan fingerprint density at radius 1 is 1.17 bits per heavy atom. The molecular weight excluding hydrogens is 149 g/mol. The molecule has 0 rings (SSSR count). The van der Waals surface area contributed by atoms with E-state index < -0.39 is 10.5 Å². The Labute approximate surface area is 50.2 Å². The molecule has 0 amide bonds. The monoisotopic (exact) mass is 150 g/mol. The second-order valence-electron chi connectivity index (χ2n) is 0.669. The van der Waals surface area contributed by atoms with Gasteiger partial charge in [-0.15, -0.1) is 23.2 Å². The van der Waals surface area contributed by atoms with E-state index in [0.29, 0.717) is 0 Å². The molecule has 38 valence electrons. The first-order valence-electron chi connectivity index (χ1n) is 1.21. The van der Waals surface area contributed by atoms with E-state index in [0.717, 1.165) is 0 Å². The van der Waals surface area contributed by atoms with Crippen LogP contribution in [-0.2, 0) is 0 Å². The highest BCUT2D eigenvalue weighted by atomic mass is 35.5. The van der Waals surface area contributed by atoms with Crippen molar-refractivity contribution in [3.63, 3.8) is 0 Å². The van der Waals surface area contributed by atoms with Gasteiger partial charge in [0.15, 0.2) is 4.84 Å². The van der Waals surface area contributed by atoms with Crippen LogP contribution in [0.5, 0.6) is 0 Å². The molecule has 0 bridgehead atoms. The van der Waals surface area contributed by atoms with Gasteiger partial charge in [-0.1, -0.05) is 11.6 Å². The van der Waals surface area contributed by atoms with Crippen molar-refractivity contribution in [1.29, 1.82) is 0 Å². The zero-order chi connectivity index (χ0) is 5.15. The molecule has 6 heavy (non-hydrogen) atoms. The van der Waals surface area contributed by atoms with Crippen LogP contribution in [0, 0.1) is 0 Å². The normalized spacial score (nSPS) is 15.5. The van der Waals surface area contributed by atoms with Gasteiger partial charge in [0.2, 0.25) is 5.63 Å². The van der Waals surface area contributed by atoms with E-state index in [1.165, 1.54) is 0 Å². The van der Waals surface area contributed by atoms with Crippen molar-refractivity contribution in [2.24, 2.45) is 0 Å². The Bertz CT molecular complexity index is 29.8. The molecule has 0 aliphatic rings. The summed E-state index contributed by atoms with van der Waals surface area (Å²) in [5.74, 6) is 0. The summed E-state index contributed by atoms with van der Waals surface area (Å²) in [5.41, 5.74) is -1.65. The van der Waals surface area contributed by atoms with E-state index in [-0.39, 0.29) is 0 Å². The van der Waals surface area contributed by atoms with Crippen LogP contribution in [0.3, 0.4) is 0 Å². The Morgan fingerprint density at radius 3 is 1.33 bits per heavy atom. The fourth-order valence-electron chi connectivity index (χ4n) is 0. The van der Waals surface area contributed by atoms with Crippen molar-refractivity contribution in [3.8, 4) is 0 Å². The van der Waals surface area contributed by atoms with Gasteiger partial charge in [-0.05, 0) is 0 Å². The van der Waals surface area contributed by atoms with Crippen LogP contribution in [0.25, 0.3) is 0 Å². The maximum absolute atomic E-state index is 11.3. The molecule has 0 aromatic rings. The van der Waals surface area contributed by atoms with Crippen molar-refractivity contribution in [3.05, 3.63) is 0 Å². The quantitative estimate of drug-likeness (QED) is 0.505. The molecule has 1 atom stereocenters. The van der Waals surface area contributed by atoms with E-state index in [1.54, 1.807) is 0 Å². The van der Waals surface area contributed by atoms with E-state index in [4.69, 9.17) is 23.2 Å². The van der Waals surface area contributed by atoms with E-state index in [2.05, 4.69) is 11.6 Å². The molecule has 0 aromatic carbocycles. The van der Waals surface area contributed by atoms with Gasteiger partial charge in [-0.2, -0.15) is 0 Å². The van der Waals surface area contributed by atoms with Crippen molar-refractivity contribution in [2.75, 3.05) is 0 Å². The van der Waals surface area contributed by atoms with Crippen molar-refractivity contribution in [1.82, 2.24) is 0 Å². The summed E-state index contributed by atoms with van der Waals surface area (Å²) in [5, 5.41) is 0. The Hall–Kier alpha value is 0.800. The molecule has 0 N–H and O–H groups in total. The minimum Gasteiger partial charge on any atom is -0.227 e. The van der Waals surface area contributed by atoms with Gasteiger partial charge in [0.1, 0.15) is 0 Å². The maximum Gasteiger partial charge on any atom is 0.203 e. The number of hydrogen-bond acceptors (Lipinski definition) is 0. The van der Waals surface area contributed by atoms with Gasteiger partial charge in [-0.3, -0.25) is 0 Å². The minimum absolute atomic E-state index is 1.10. The second-order valence-corrected chi connectivity index (χ2v) is 2.25. The molecule has 4 heteroatoms. The number of rotatable bonds is 1. The lowest BCUT2D eigenvalue weighted by atomic mass is 10.9. The van der Waals surface area contributed by atoms with Crippen molar-refractivity contribution >= 4 is 34.8 Å². The molecule has 0 nitrogen and oxygen atoms in total. The van der Waals surface area contributed by atoms with Crippen molar-refractivity contribution < 1.29 is 4.39 Å². The van der Waals surface area contributed by atoms with Crippen LogP contribution in [0.1, 0.15) is 0 Å². The average molecular weight is 151 g/mol. The third kappa shape index (κ3) is 3.01. The Morgan fingerprint density at radius 2 is 1.33 bits per heavy atom. The highest BCUT2D eigenvalue weighted by Crippen LogP contribution is 2.13. The first-order chi connectivity index (χ1) is 2.64. The summed E-state index contributed by atoms with van der Waals surface area (Å²) in [6.45, 7) is 0. The van der Waals surface area contributed by atoms with Gasteiger partial charge in [0.25, 0.3) is 0 Å². The number of halogens is 4. The fourth-order valence-corrected chi connectivity index (χ4v) is 0. The summed E-state index contributed by atoms with van der Waals surface area (Å²) >= 11 is 14.4. The summed E-state index contributed by atoms with van der Waals surface area (Å²) in [6, 6.07) is 0. The summed E-state index contributed by atoms with van der Waals surface area (Å²) in [6.07, 6.45) is 0. The zero-order valence-corrected chi connectivity index (χ0v) is 4.93. The molecule has 0 aliphatic heterocycles. The molecule has 0 aromatic heterocycles. The molecule has 0 fully saturated rings. The Balaban J connectivity index is 2.99. The highest BCUT2D eigenvalue weighted by molar-refractivity contribution is 6.48. The molecule has 0 saturated carbocycles. The Kier molecular flexibility index (Phi) is 3.28. The van der Waals surface area contributed by atoms with Crippen LogP contribution in [0.2, 0.25) is 0 Å². The van der Waals surface area contributed by atoms with Gasteiger partial charge in [0, 0.05) is 0 Å². The smallest absolute Gasteiger partial charge is 0.203 e. The lowest BCUT2D eigenvalue weighted by Crippen LogP contribution is -1.98. The lowest BCUT2D eigenvalue weighted by Gasteiger charge is -1.93. The van der Waals surface area contributed by atoms with Gasteiger partial charge in [0.05, 0.1) is 0 Å². The highest BCUT2D eigenvalue weighted by Gasteiger charge is 2.09. The molecule has 0 aliphatic carbocycles. The van der Waals surface area contributed by atoms with Gasteiger partial charge in [-0.25, -0.2) is 4.39 Å². The summed E-state index contributed by atoms with van der Waals surface area (Å²) in [4.78, 5) is -1.10. The first kappa shape index (κ1) is 6.80. The predicted octanol–water partition coefficient (Wildman–Crippen LogP) is 2.32. The zero-order valence-electron chi connectivity index (χ0n) is 2.67. The van der Waals surface area contributed by atoms with Crippen LogP contribution < -0.4 is 0 Å².